The molecule has 0 aliphatic heterocycles. The van der Waals surface area contributed by atoms with Crippen LogP contribution in [0.5, 0.6) is 0 Å². The van der Waals surface area contributed by atoms with Gasteiger partial charge in [-0.1, -0.05) is 81.4 Å². The molecule has 22 heavy (non-hydrogen) atoms. The Labute approximate surface area is 134 Å². The molecule has 2 aromatic rings. The Hall–Kier alpha value is -1.64. The average molecular weight is 297 g/mol. The lowest BCUT2D eigenvalue weighted by atomic mass is 10.0. The lowest BCUT2D eigenvalue weighted by Gasteiger charge is -2.32. The third kappa shape index (κ3) is 4.19. The fourth-order valence-corrected chi connectivity index (χ4v) is 2.83. The van der Waals surface area contributed by atoms with Gasteiger partial charge in [-0.2, -0.15) is 0 Å². The van der Waals surface area contributed by atoms with Gasteiger partial charge in [-0.05, 0) is 30.6 Å². The van der Waals surface area contributed by atoms with Crippen LogP contribution in [-0.2, 0) is 4.74 Å². The summed E-state index contributed by atoms with van der Waals surface area (Å²) in [6.45, 7) is 8.58. The van der Waals surface area contributed by atoms with Gasteiger partial charge in [-0.15, -0.1) is 0 Å². The molecule has 2 aromatic carbocycles. The molecular formula is C20H27NO. The molecule has 0 amide bonds. The van der Waals surface area contributed by atoms with Gasteiger partial charge < -0.3 is 4.74 Å². The summed E-state index contributed by atoms with van der Waals surface area (Å²) in [6.07, 6.45) is 1.10. The largest absolute Gasteiger partial charge is 0.351 e. The van der Waals surface area contributed by atoms with Crippen molar-refractivity contribution >= 4 is 0 Å². The normalized spacial score (nSPS) is 12.8. The van der Waals surface area contributed by atoms with Crippen molar-refractivity contribution in [1.82, 2.24) is 4.90 Å². The Morgan fingerprint density at radius 2 is 1.23 bits per heavy atom. The van der Waals surface area contributed by atoms with E-state index in [1.54, 1.807) is 0 Å². The molecule has 0 spiro atoms. The van der Waals surface area contributed by atoms with Crippen molar-refractivity contribution in [1.29, 1.82) is 0 Å². The van der Waals surface area contributed by atoms with E-state index in [0.717, 1.165) is 19.5 Å². The molecule has 0 aliphatic rings. The first-order chi connectivity index (χ1) is 10.8. The molecule has 2 nitrogen and oxygen atoms in total. The Balaban J connectivity index is 2.29. The quantitative estimate of drug-likeness (QED) is 0.644. The predicted molar refractivity (Wildman–Crippen MR) is 92.8 cm³/mol. The maximum atomic E-state index is 6.54. The van der Waals surface area contributed by atoms with Gasteiger partial charge in [-0.3, -0.25) is 4.90 Å². The van der Waals surface area contributed by atoms with E-state index in [2.05, 4.69) is 74.2 Å². The van der Waals surface area contributed by atoms with Crippen LogP contribution in [0.3, 0.4) is 0 Å². The number of rotatable bonds is 8. The van der Waals surface area contributed by atoms with E-state index < -0.39 is 0 Å². The van der Waals surface area contributed by atoms with E-state index in [9.17, 15) is 0 Å². The summed E-state index contributed by atoms with van der Waals surface area (Å²) in [5.74, 6) is 0. The third-order valence-electron chi connectivity index (χ3n) is 4.07. The Morgan fingerprint density at radius 1 is 0.773 bits per heavy atom. The second-order valence-electron chi connectivity index (χ2n) is 5.42. The maximum absolute atomic E-state index is 6.54. The smallest absolute Gasteiger partial charge is 0.111 e. The molecule has 0 bridgehead atoms. The summed E-state index contributed by atoms with van der Waals surface area (Å²) in [5.41, 5.74) is 2.42. The molecule has 2 heteroatoms. The van der Waals surface area contributed by atoms with E-state index in [-0.39, 0.29) is 12.3 Å². The maximum Gasteiger partial charge on any atom is 0.111 e. The van der Waals surface area contributed by atoms with Crippen LogP contribution in [0.15, 0.2) is 60.7 Å². The number of hydrogen-bond donors (Lipinski definition) is 0. The van der Waals surface area contributed by atoms with Gasteiger partial charge in [0.05, 0.1) is 0 Å². The fourth-order valence-electron chi connectivity index (χ4n) is 2.83. The Morgan fingerprint density at radius 3 is 1.59 bits per heavy atom. The minimum atomic E-state index is -0.0204. The molecule has 0 aliphatic carbocycles. The molecule has 118 valence electrons. The highest BCUT2D eigenvalue weighted by Gasteiger charge is 2.22. The molecule has 0 saturated heterocycles. The standard InChI is InChI=1S/C20H27NO/c1-4-19(21(5-2)6-3)22-20(17-13-9-7-10-14-17)18-15-11-8-12-16-18/h7-16,19-20H,4-6H2,1-3H3. The Kier molecular flexibility index (Phi) is 6.63. The first kappa shape index (κ1) is 16.7. The van der Waals surface area contributed by atoms with Crippen molar-refractivity contribution in [2.75, 3.05) is 13.1 Å². The van der Waals surface area contributed by atoms with Gasteiger partial charge in [0.25, 0.3) is 0 Å². The average Bonchev–Trinajstić information content (AvgIpc) is 2.60. The third-order valence-corrected chi connectivity index (χ3v) is 4.07. The first-order valence-electron chi connectivity index (χ1n) is 8.29. The van der Waals surface area contributed by atoms with Crippen molar-refractivity contribution in [3.8, 4) is 0 Å². The molecular weight excluding hydrogens is 270 g/mol. The minimum absolute atomic E-state index is 0.0204. The molecule has 0 N–H and O–H groups in total. The molecule has 0 aromatic heterocycles. The van der Waals surface area contributed by atoms with E-state index in [1.807, 2.05) is 12.1 Å². The molecule has 2 rings (SSSR count). The van der Waals surface area contributed by atoms with Crippen LogP contribution in [0, 0.1) is 0 Å². The summed E-state index contributed by atoms with van der Waals surface area (Å²) >= 11 is 0. The first-order valence-corrected chi connectivity index (χ1v) is 8.29. The lowest BCUT2D eigenvalue weighted by Crippen LogP contribution is -2.37. The second-order valence-corrected chi connectivity index (χ2v) is 5.42. The summed E-state index contributed by atoms with van der Waals surface area (Å²) in [6, 6.07) is 21.0. The minimum Gasteiger partial charge on any atom is -0.351 e. The summed E-state index contributed by atoms with van der Waals surface area (Å²) < 4.78 is 6.54. The zero-order valence-electron chi connectivity index (χ0n) is 13.9. The van der Waals surface area contributed by atoms with Crippen LogP contribution in [-0.4, -0.2) is 24.2 Å². The van der Waals surface area contributed by atoms with Crippen LogP contribution >= 0.6 is 0 Å². The molecule has 0 saturated carbocycles. The summed E-state index contributed by atoms with van der Waals surface area (Å²) in [4.78, 5) is 2.37. The van der Waals surface area contributed by atoms with Gasteiger partial charge in [0.15, 0.2) is 0 Å². The number of hydrogen-bond acceptors (Lipinski definition) is 2. The molecule has 0 fully saturated rings. The van der Waals surface area contributed by atoms with Crippen LogP contribution in [0.25, 0.3) is 0 Å². The monoisotopic (exact) mass is 297 g/mol. The van der Waals surface area contributed by atoms with Gasteiger partial charge in [0.1, 0.15) is 12.3 Å². The van der Waals surface area contributed by atoms with E-state index in [4.69, 9.17) is 4.74 Å². The van der Waals surface area contributed by atoms with Gasteiger partial charge in [0, 0.05) is 0 Å². The highest BCUT2D eigenvalue weighted by atomic mass is 16.5. The molecule has 0 radical (unpaired) electrons. The van der Waals surface area contributed by atoms with E-state index in [0.29, 0.717) is 0 Å². The highest BCUT2D eigenvalue weighted by Crippen LogP contribution is 2.28. The highest BCUT2D eigenvalue weighted by molar-refractivity contribution is 5.29. The van der Waals surface area contributed by atoms with Gasteiger partial charge >= 0.3 is 0 Å². The molecule has 1 atom stereocenters. The van der Waals surface area contributed by atoms with E-state index in [1.165, 1.54) is 11.1 Å². The van der Waals surface area contributed by atoms with Crippen LogP contribution in [0.1, 0.15) is 44.4 Å². The van der Waals surface area contributed by atoms with Crippen LogP contribution < -0.4 is 0 Å². The summed E-state index contributed by atoms with van der Waals surface area (Å²) in [5, 5.41) is 0. The van der Waals surface area contributed by atoms with Crippen molar-refractivity contribution in [3.63, 3.8) is 0 Å². The van der Waals surface area contributed by atoms with Crippen LogP contribution in [0.2, 0.25) is 0 Å². The SMILES string of the molecule is CCC(OC(c1ccccc1)c1ccccc1)N(CC)CC. The van der Waals surface area contributed by atoms with Crippen molar-refractivity contribution in [2.24, 2.45) is 0 Å². The fraction of sp³-hybridized carbons (Fsp3) is 0.400. The van der Waals surface area contributed by atoms with Crippen molar-refractivity contribution in [3.05, 3.63) is 71.8 Å². The summed E-state index contributed by atoms with van der Waals surface area (Å²) in [7, 11) is 0. The van der Waals surface area contributed by atoms with Gasteiger partial charge in [-0.25, -0.2) is 0 Å². The predicted octanol–water partition coefficient (Wildman–Crippen LogP) is 4.87. The second kappa shape index (κ2) is 8.72. The van der Waals surface area contributed by atoms with Gasteiger partial charge in [0.2, 0.25) is 0 Å². The topological polar surface area (TPSA) is 12.5 Å². The lowest BCUT2D eigenvalue weighted by molar-refractivity contribution is -0.0864. The Bertz CT molecular complexity index is 482. The van der Waals surface area contributed by atoms with E-state index >= 15 is 0 Å². The number of nitrogens with zero attached hydrogens (tertiary/aromatic N) is 1. The number of ether oxygens (including phenoxy) is 1. The zero-order chi connectivity index (χ0) is 15.8. The zero-order valence-corrected chi connectivity index (χ0v) is 13.9. The van der Waals surface area contributed by atoms with Crippen molar-refractivity contribution < 1.29 is 4.74 Å². The van der Waals surface area contributed by atoms with Crippen LogP contribution in [0.4, 0.5) is 0 Å². The molecule has 0 heterocycles. The van der Waals surface area contributed by atoms with Crippen molar-refractivity contribution in [2.45, 2.75) is 39.5 Å². The number of benzene rings is 2. The molecule has 1 unspecified atom stereocenters.